The number of hydrogen-bond donors (Lipinski definition) is 1. The Morgan fingerprint density at radius 2 is 2.17 bits per heavy atom. The number of hydrogen-bond acceptors (Lipinski definition) is 3. The molecule has 4 nitrogen and oxygen atoms in total. The quantitative estimate of drug-likeness (QED) is 0.669. The largest absolute Gasteiger partial charge is 0.304 e. The Kier molecular flexibility index (Phi) is 2.83. The molecule has 0 saturated heterocycles. The molecule has 2 N–H and O–H groups in total. The highest BCUT2D eigenvalue weighted by Gasteiger charge is 2.07. The molecule has 68 valence electrons. The molecule has 1 aromatic rings. The van der Waals surface area contributed by atoms with E-state index in [1.54, 1.807) is 0 Å². The molecular formula is C8H15N3O. The van der Waals surface area contributed by atoms with Gasteiger partial charge in [-0.3, -0.25) is 4.68 Å². The van der Waals surface area contributed by atoms with Gasteiger partial charge in [0.1, 0.15) is 0 Å². The molecule has 0 radical (unpaired) electrons. The Balaban J connectivity index is 2.82. The topological polar surface area (TPSA) is 53.1 Å². The second kappa shape index (κ2) is 3.69. The monoisotopic (exact) mass is 169 g/mol. The minimum atomic E-state index is 0.549. The first kappa shape index (κ1) is 9.22. The van der Waals surface area contributed by atoms with Crippen molar-refractivity contribution in [3.8, 4) is 0 Å². The zero-order valence-electron chi connectivity index (χ0n) is 7.79. The first-order valence-corrected chi connectivity index (χ1v) is 3.97. The SMILES string of the molecule is Cc1nn(C)c(C)c1CCON. The minimum Gasteiger partial charge on any atom is -0.304 e. The third-order valence-electron chi connectivity index (χ3n) is 2.13. The molecule has 1 aromatic heterocycles. The smallest absolute Gasteiger partial charge is 0.0720 e. The molecule has 0 aromatic carbocycles. The number of nitrogens with two attached hydrogens (primary N) is 1. The summed E-state index contributed by atoms with van der Waals surface area (Å²) in [5.41, 5.74) is 3.49. The average Bonchev–Trinajstić information content (AvgIpc) is 2.25. The summed E-state index contributed by atoms with van der Waals surface area (Å²) >= 11 is 0. The number of aromatic nitrogens is 2. The van der Waals surface area contributed by atoms with Crippen LogP contribution in [0.15, 0.2) is 0 Å². The standard InChI is InChI=1S/C8H15N3O/c1-6-8(4-5-12-9)7(2)11(3)10-6/h4-5,9H2,1-3H3. The summed E-state index contributed by atoms with van der Waals surface area (Å²) < 4.78 is 1.88. The third kappa shape index (κ3) is 1.65. The molecule has 1 heterocycles. The van der Waals surface area contributed by atoms with E-state index in [9.17, 15) is 0 Å². The molecule has 0 atom stereocenters. The van der Waals surface area contributed by atoms with Crippen LogP contribution in [0.5, 0.6) is 0 Å². The fraction of sp³-hybridized carbons (Fsp3) is 0.625. The van der Waals surface area contributed by atoms with Crippen LogP contribution in [0.2, 0.25) is 0 Å². The van der Waals surface area contributed by atoms with Crippen molar-refractivity contribution in [2.24, 2.45) is 12.9 Å². The van der Waals surface area contributed by atoms with Crippen LogP contribution in [0.4, 0.5) is 0 Å². The van der Waals surface area contributed by atoms with E-state index in [1.165, 1.54) is 11.3 Å². The maximum Gasteiger partial charge on any atom is 0.0720 e. The Bertz CT molecular complexity index is 268. The predicted octanol–water partition coefficient (Wildman–Crippen LogP) is 0.470. The van der Waals surface area contributed by atoms with Crippen LogP contribution in [0.1, 0.15) is 17.0 Å². The van der Waals surface area contributed by atoms with E-state index < -0.39 is 0 Å². The molecule has 0 fully saturated rings. The van der Waals surface area contributed by atoms with Crippen LogP contribution in [0.25, 0.3) is 0 Å². The van der Waals surface area contributed by atoms with Crippen LogP contribution < -0.4 is 5.90 Å². The highest BCUT2D eigenvalue weighted by Crippen LogP contribution is 2.11. The van der Waals surface area contributed by atoms with Gasteiger partial charge in [-0.15, -0.1) is 0 Å². The summed E-state index contributed by atoms with van der Waals surface area (Å²) in [6, 6.07) is 0. The molecule has 0 aliphatic rings. The van der Waals surface area contributed by atoms with Gasteiger partial charge in [-0.05, 0) is 19.4 Å². The van der Waals surface area contributed by atoms with Gasteiger partial charge in [-0.2, -0.15) is 5.10 Å². The Morgan fingerprint density at radius 1 is 1.50 bits per heavy atom. The average molecular weight is 169 g/mol. The van der Waals surface area contributed by atoms with Crippen molar-refractivity contribution < 1.29 is 4.84 Å². The van der Waals surface area contributed by atoms with Crippen molar-refractivity contribution in [2.75, 3.05) is 6.61 Å². The summed E-state index contributed by atoms with van der Waals surface area (Å²) in [6.07, 6.45) is 0.835. The van der Waals surface area contributed by atoms with Crippen molar-refractivity contribution in [2.45, 2.75) is 20.3 Å². The number of aryl methyl sites for hydroxylation is 2. The zero-order chi connectivity index (χ0) is 9.14. The van der Waals surface area contributed by atoms with Gasteiger partial charge in [0, 0.05) is 19.2 Å². The van der Waals surface area contributed by atoms with Crippen molar-refractivity contribution in [1.29, 1.82) is 0 Å². The molecule has 4 heteroatoms. The number of nitrogens with zero attached hydrogens (tertiary/aromatic N) is 2. The molecule has 0 saturated carbocycles. The molecule has 0 aliphatic carbocycles. The summed E-state index contributed by atoms with van der Waals surface area (Å²) in [5.74, 6) is 4.96. The maximum atomic E-state index is 4.96. The van der Waals surface area contributed by atoms with Gasteiger partial charge in [0.05, 0.1) is 12.3 Å². The van der Waals surface area contributed by atoms with E-state index in [2.05, 4.69) is 9.94 Å². The van der Waals surface area contributed by atoms with Crippen LogP contribution in [0.3, 0.4) is 0 Å². The molecule has 0 unspecified atom stereocenters. The highest BCUT2D eigenvalue weighted by atomic mass is 16.6. The zero-order valence-corrected chi connectivity index (χ0v) is 7.79. The Morgan fingerprint density at radius 3 is 2.58 bits per heavy atom. The van der Waals surface area contributed by atoms with Crippen LogP contribution in [-0.4, -0.2) is 16.4 Å². The van der Waals surface area contributed by atoms with Gasteiger partial charge in [-0.25, -0.2) is 5.90 Å². The summed E-state index contributed by atoms with van der Waals surface area (Å²) in [7, 11) is 1.94. The van der Waals surface area contributed by atoms with Gasteiger partial charge in [-0.1, -0.05) is 0 Å². The molecule has 0 aliphatic heterocycles. The fourth-order valence-corrected chi connectivity index (χ4v) is 1.34. The van der Waals surface area contributed by atoms with Crippen LogP contribution in [0, 0.1) is 13.8 Å². The molecule has 1 rings (SSSR count). The van der Waals surface area contributed by atoms with Crippen molar-refractivity contribution >= 4 is 0 Å². The lowest BCUT2D eigenvalue weighted by Gasteiger charge is -1.99. The van der Waals surface area contributed by atoms with E-state index in [0.29, 0.717) is 6.61 Å². The molecular weight excluding hydrogens is 154 g/mol. The van der Waals surface area contributed by atoms with Gasteiger partial charge >= 0.3 is 0 Å². The van der Waals surface area contributed by atoms with Gasteiger partial charge in [0.25, 0.3) is 0 Å². The second-order valence-electron chi connectivity index (χ2n) is 2.89. The third-order valence-corrected chi connectivity index (χ3v) is 2.13. The van der Waals surface area contributed by atoms with E-state index in [0.717, 1.165) is 12.1 Å². The van der Waals surface area contributed by atoms with Crippen LogP contribution >= 0.6 is 0 Å². The van der Waals surface area contributed by atoms with E-state index in [-0.39, 0.29) is 0 Å². The second-order valence-corrected chi connectivity index (χ2v) is 2.89. The lowest BCUT2D eigenvalue weighted by molar-refractivity contribution is 0.141. The summed E-state index contributed by atoms with van der Waals surface area (Å²) in [4.78, 5) is 4.53. The molecule has 0 spiro atoms. The molecule has 0 amide bonds. The first-order chi connectivity index (χ1) is 5.66. The summed E-state index contributed by atoms with van der Waals surface area (Å²) in [6.45, 7) is 4.60. The van der Waals surface area contributed by atoms with Crippen molar-refractivity contribution in [3.63, 3.8) is 0 Å². The van der Waals surface area contributed by atoms with E-state index >= 15 is 0 Å². The maximum absolute atomic E-state index is 4.96. The van der Waals surface area contributed by atoms with Gasteiger partial charge in [0.15, 0.2) is 0 Å². The van der Waals surface area contributed by atoms with Crippen molar-refractivity contribution in [1.82, 2.24) is 9.78 Å². The first-order valence-electron chi connectivity index (χ1n) is 3.97. The lowest BCUT2D eigenvalue weighted by atomic mass is 10.1. The van der Waals surface area contributed by atoms with Crippen molar-refractivity contribution in [3.05, 3.63) is 17.0 Å². The fourth-order valence-electron chi connectivity index (χ4n) is 1.34. The predicted molar refractivity (Wildman–Crippen MR) is 46.5 cm³/mol. The van der Waals surface area contributed by atoms with Gasteiger partial charge in [0.2, 0.25) is 0 Å². The Labute approximate surface area is 72.3 Å². The lowest BCUT2D eigenvalue weighted by Crippen LogP contribution is -2.05. The minimum absolute atomic E-state index is 0.549. The molecule has 0 bridgehead atoms. The normalized spacial score (nSPS) is 10.7. The van der Waals surface area contributed by atoms with Crippen LogP contribution in [-0.2, 0) is 18.3 Å². The van der Waals surface area contributed by atoms with Gasteiger partial charge < -0.3 is 4.84 Å². The van der Waals surface area contributed by atoms with E-state index in [1.807, 2.05) is 25.6 Å². The Hall–Kier alpha value is -0.870. The number of rotatable bonds is 3. The molecule has 12 heavy (non-hydrogen) atoms. The van der Waals surface area contributed by atoms with E-state index in [4.69, 9.17) is 5.90 Å². The summed E-state index contributed by atoms with van der Waals surface area (Å²) in [5, 5.41) is 4.28. The highest BCUT2D eigenvalue weighted by molar-refractivity contribution is 5.24.